The van der Waals surface area contributed by atoms with Gasteiger partial charge in [0.1, 0.15) is 11.4 Å². The maximum absolute atomic E-state index is 11.3. The minimum Gasteiger partial charge on any atom is -0.460 e. The minimum absolute atomic E-state index is 0.00830. The van der Waals surface area contributed by atoms with Crippen LogP contribution in [0.4, 0.5) is 0 Å². The predicted molar refractivity (Wildman–Crippen MR) is 58.4 cm³/mol. The first-order valence-corrected chi connectivity index (χ1v) is 5.35. The summed E-state index contributed by atoms with van der Waals surface area (Å²) in [5.41, 5.74) is 4.70. The molecule has 15 heavy (non-hydrogen) atoms. The molecule has 0 rings (SSSR count). The minimum atomic E-state index is -0.433. The maximum Gasteiger partial charge on any atom is 0.306 e. The van der Waals surface area contributed by atoms with Crippen LogP contribution in [-0.2, 0) is 14.3 Å². The van der Waals surface area contributed by atoms with Gasteiger partial charge in [-0.3, -0.25) is 9.59 Å². The number of hydrogen-bond acceptors (Lipinski definition) is 4. The number of Topliss-reactive ketones (excluding diaryl/α,β-unsaturated/α-hetero) is 1. The van der Waals surface area contributed by atoms with Crippen molar-refractivity contribution in [1.82, 2.24) is 0 Å². The van der Waals surface area contributed by atoms with E-state index in [1.165, 1.54) is 0 Å². The summed E-state index contributed by atoms with van der Waals surface area (Å²) in [5.74, 6) is -0.435. The van der Waals surface area contributed by atoms with Gasteiger partial charge in [-0.05, 0) is 20.3 Å². The van der Waals surface area contributed by atoms with Crippen LogP contribution in [0.25, 0.3) is 0 Å². The van der Waals surface area contributed by atoms with Crippen molar-refractivity contribution in [3.8, 4) is 0 Å². The van der Waals surface area contributed by atoms with Gasteiger partial charge in [0.2, 0.25) is 0 Å². The fourth-order valence-corrected chi connectivity index (χ4v) is 1.36. The highest BCUT2D eigenvalue weighted by molar-refractivity contribution is 5.84. The number of ether oxygens (including phenoxy) is 1. The summed E-state index contributed by atoms with van der Waals surface area (Å²) >= 11 is 0. The largest absolute Gasteiger partial charge is 0.460 e. The summed E-state index contributed by atoms with van der Waals surface area (Å²) in [6.45, 7) is 5.78. The molecule has 0 fully saturated rings. The van der Waals surface area contributed by atoms with Gasteiger partial charge >= 0.3 is 5.97 Å². The van der Waals surface area contributed by atoms with Crippen LogP contribution in [0.15, 0.2) is 0 Å². The molecule has 0 atom stereocenters. The van der Waals surface area contributed by atoms with E-state index in [2.05, 4.69) is 0 Å². The Kier molecular flexibility index (Phi) is 6.17. The van der Waals surface area contributed by atoms with E-state index < -0.39 is 5.60 Å². The van der Waals surface area contributed by atoms with Crippen molar-refractivity contribution in [3.05, 3.63) is 0 Å². The molecule has 2 N–H and O–H groups in total. The van der Waals surface area contributed by atoms with E-state index in [1.807, 2.05) is 20.8 Å². The molecule has 0 radical (unpaired) electrons. The lowest BCUT2D eigenvalue weighted by atomic mass is 10.0. The van der Waals surface area contributed by atoms with E-state index in [0.717, 1.165) is 12.8 Å². The first kappa shape index (κ1) is 14.1. The molecule has 0 aliphatic carbocycles. The summed E-state index contributed by atoms with van der Waals surface area (Å²) in [5, 5.41) is 0. The van der Waals surface area contributed by atoms with E-state index >= 15 is 0 Å². The third-order valence-corrected chi connectivity index (χ3v) is 2.08. The van der Waals surface area contributed by atoms with E-state index in [0.29, 0.717) is 0 Å². The van der Waals surface area contributed by atoms with Crippen LogP contribution in [0, 0.1) is 0 Å². The Morgan fingerprint density at radius 3 is 2.33 bits per heavy atom. The lowest BCUT2D eigenvalue weighted by Gasteiger charge is -2.24. The molecule has 0 unspecified atom stereocenters. The van der Waals surface area contributed by atoms with E-state index in [9.17, 15) is 9.59 Å². The van der Waals surface area contributed by atoms with Crippen LogP contribution in [0.5, 0.6) is 0 Å². The second-order valence-electron chi connectivity index (χ2n) is 4.23. The number of hydrogen-bond donors (Lipinski definition) is 1. The Morgan fingerprint density at radius 1 is 1.27 bits per heavy atom. The molecular formula is C11H21NO3. The van der Waals surface area contributed by atoms with Crippen molar-refractivity contribution in [3.63, 3.8) is 0 Å². The normalized spacial score (nSPS) is 11.2. The summed E-state index contributed by atoms with van der Waals surface area (Å²) < 4.78 is 5.24. The van der Waals surface area contributed by atoms with Gasteiger partial charge in [0.05, 0.1) is 13.0 Å². The van der Waals surface area contributed by atoms with Gasteiger partial charge in [0, 0.05) is 6.42 Å². The first-order valence-electron chi connectivity index (χ1n) is 5.35. The third kappa shape index (κ3) is 7.08. The molecule has 4 heteroatoms. The van der Waals surface area contributed by atoms with Crippen LogP contribution < -0.4 is 5.73 Å². The van der Waals surface area contributed by atoms with Gasteiger partial charge in [-0.2, -0.15) is 0 Å². The molecule has 0 bridgehead atoms. The van der Waals surface area contributed by atoms with Gasteiger partial charge in [-0.1, -0.05) is 13.3 Å². The van der Waals surface area contributed by atoms with E-state index in [-0.39, 0.29) is 31.1 Å². The van der Waals surface area contributed by atoms with Crippen LogP contribution in [0.3, 0.4) is 0 Å². The fraction of sp³-hybridized carbons (Fsp3) is 0.818. The Morgan fingerprint density at radius 2 is 1.87 bits per heavy atom. The Balaban J connectivity index is 3.87. The maximum atomic E-state index is 11.3. The molecule has 0 saturated heterocycles. The fourth-order valence-electron chi connectivity index (χ4n) is 1.36. The molecule has 0 aliphatic rings. The lowest BCUT2D eigenvalue weighted by molar-refractivity contribution is -0.157. The molecule has 0 aliphatic heterocycles. The monoisotopic (exact) mass is 215 g/mol. The van der Waals surface area contributed by atoms with Crippen molar-refractivity contribution >= 4 is 11.8 Å². The standard InChI is InChI=1S/C11H21NO3/c1-4-7-11(2,3)15-10(14)6-5-9(13)8-12/h4-8,12H2,1-3H3. The molecule has 0 amide bonds. The number of carbonyl (C=O) groups excluding carboxylic acids is 2. The Hall–Kier alpha value is -0.900. The molecule has 0 spiro atoms. The van der Waals surface area contributed by atoms with Gasteiger partial charge in [-0.15, -0.1) is 0 Å². The number of esters is 1. The molecule has 0 aromatic heterocycles. The van der Waals surface area contributed by atoms with Crippen molar-refractivity contribution in [2.75, 3.05) is 6.54 Å². The number of rotatable bonds is 7. The van der Waals surface area contributed by atoms with Crippen LogP contribution >= 0.6 is 0 Å². The van der Waals surface area contributed by atoms with Crippen molar-refractivity contribution < 1.29 is 14.3 Å². The average molecular weight is 215 g/mol. The van der Waals surface area contributed by atoms with Crippen LogP contribution in [0.1, 0.15) is 46.5 Å². The zero-order valence-electron chi connectivity index (χ0n) is 9.84. The van der Waals surface area contributed by atoms with Gasteiger partial charge in [-0.25, -0.2) is 0 Å². The molecule has 0 aromatic carbocycles. The topological polar surface area (TPSA) is 69.4 Å². The Labute approximate surface area is 91.2 Å². The summed E-state index contributed by atoms with van der Waals surface area (Å²) in [4.78, 5) is 22.2. The third-order valence-electron chi connectivity index (χ3n) is 2.08. The molecule has 88 valence electrons. The van der Waals surface area contributed by atoms with Crippen molar-refractivity contribution in [1.29, 1.82) is 0 Å². The molecule has 0 saturated carbocycles. The molecule has 0 aromatic rings. The second-order valence-corrected chi connectivity index (χ2v) is 4.23. The summed E-state index contributed by atoms with van der Waals surface area (Å²) in [6.07, 6.45) is 2.09. The zero-order chi connectivity index (χ0) is 11.9. The highest BCUT2D eigenvalue weighted by atomic mass is 16.6. The number of ketones is 1. The first-order chi connectivity index (χ1) is 6.91. The SMILES string of the molecule is CCCC(C)(C)OC(=O)CCC(=O)CN. The highest BCUT2D eigenvalue weighted by Gasteiger charge is 2.21. The van der Waals surface area contributed by atoms with Crippen LogP contribution in [0.2, 0.25) is 0 Å². The van der Waals surface area contributed by atoms with Crippen molar-refractivity contribution in [2.45, 2.75) is 52.1 Å². The zero-order valence-corrected chi connectivity index (χ0v) is 9.84. The average Bonchev–Trinajstić information content (AvgIpc) is 2.13. The summed E-state index contributed by atoms with van der Waals surface area (Å²) in [6, 6.07) is 0. The molecular weight excluding hydrogens is 194 g/mol. The number of carbonyl (C=O) groups is 2. The van der Waals surface area contributed by atoms with Crippen molar-refractivity contribution in [2.24, 2.45) is 5.73 Å². The Bertz CT molecular complexity index is 224. The quantitative estimate of drug-likeness (QED) is 0.652. The van der Waals surface area contributed by atoms with E-state index in [4.69, 9.17) is 10.5 Å². The lowest BCUT2D eigenvalue weighted by Crippen LogP contribution is -2.28. The second kappa shape index (κ2) is 6.56. The van der Waals surface area contributed by atoms with E-state index in [1.54, 1.807) is 0 Å². The predicted octanol–water partition coefficient (Wildman–Crippen LogP) is 1.42. The van der Waals surface area contributed by atoms with Gasteiger partial charge in [0.25, 0.3) is 0 Å². The van der Waals surface area contributed by atoms with Gasteiger partial charge in [0.15, 0.2) is 0 Å². The smallest absolute Gasteiger partial charge is 0.306 e. The highest BCUT2D eigenvalue weighted by Crippen LogP contribution is 2.17. The number of nitrogens with two attached hydrogens (primary N) is 1. The summed E-state index contributed by atoms with van der Waals surface area (Å²) in [7, 11) is 0. The van der Waals surface area contributed by atoms with Crippen LogP contribution in [-0.4, -0.2) is 23.9 Å². The molecule has 4 nitrogen and oxygen atoms in total. The van der Waals surface area contributed by atoms with Gasteiger partial charge < -0.3 is 10.5 Å². The molecule has 0 heterocycles.